The molecule has 0 saturated carbocycles. The maximum atomic E-state index is 12.9. The Hall–Kier alpha value is -2.78. The maximum Gasteiger partial charge on any atom is 0.573 e. The standard InChI is InChI=1S/C14H7F6N3O/c15-13(16,17)11-7-22-23-12(11)5-9(6-21-23)8-1-3-10(4-2-8)24-14(18,19)20/h1-7H. The van der Waals surface area contributed by atoms with Crippen molar-refractivity contribution in [2.45, 2.75) is 12.5 Å². The number of nitrogens with zero attached hydrogens (tertiary/aromatic N) is 3. The Morgan fingerprint density at radius 3 is 2.04 bits per heavy atom. The molecule has 2 aromatic heterocycles. The predicted molar refractivity (Wildman–Crippen MR) is 70.1 cm³/mol. The summed E-state index contributed by atoms with van der Waals surface area (Å²) in [5.74, 6) is -0.430. The molecule has 3 rings (SSSR count). The highest BCUT2D eigenvalue weighted by molar-refractivity contribution is 5.70. The van der Waals surface area contributed by atoms with Crippen molar-refractivity contribution >= 4 is 5.52 Å². The van der Waals surface area contributed by atoms with E-state index in [4.69, 9.17) is 0 Å². The normalized spacial score (nSPS) is 12.6. The first-order chi connectivity index (χ1) is 11.1. The van der Waals surface area contributed by atoms with Crippen LogP contribution in [0.15, 0.2) is 42.7 Å². The smallest absolute Gasteiger partial charge is 0.406 e. The molecule has 126 valence electrons. The second-order valence-corrected chi connectivity index (χ2v) is 4.75. The third-order valence-electron chi connectivity index (χ3n) is 3.11. The molecule has 0 radical (unpaired) electrons. The van der Waals surface area contributed by atoms with Gasteiger partial charge in [-0.25, -0.2) is 0 Å². The van der Waals surface area contributed by atoms with Crippen LogP contribution in [0.3, 0.4) is 0 Å². The molecule has 24 heavy (non-hydrogen) atoms. The van der Waals surface area contributed by atoms with Crippen LogP contribution in [-0.2, 0) is 6.18 Å². The van der Waals surface area contributed by atoms with Gasteiger partial charge in [-0.1, -0.05) is 12.1 Å². The molecular weight excluding hydrogens is 340 g/mol. The first-order valence-electron chi connectivity index (χ1n) is 6.41. The lowest BCUT2D eigenvalue weighted by molar-refractivity contribution is -0.274. The highest BCUT2D eigenvalue weighted by Crippen LogP contribution is 2.33. The van der Waals surface area contributed by atoms with Crippen LogP contribution in [-0.4, -0.2) is 21.2 Å². The summed E-state index contributed by atoms with van der Waals surface area (Å²) in [5, 5.41) is 7.28. The lowest BCUT2D eigenvalue weighted by Crippen LogP contribution is -2.16. The van der Waals surface area contributed by atoms with E-state index in [-0.39, 0.29) is 5.52 Å². The SMILES string of the molecule is FC(F)(F)Oc1ccc(-c2cnn3ncc(C(F)(F)F)c3c2)cc1. The summed E-state index contributed by atoms with van der Waals surface area (Å²) in [5.41, 5.74) is -0.523. The van der Waals surface area contributed by atoms with E-state index in [0.717, 1.165) is 16.8 Å². The van der Waals surface area contributed by atoms with Crippen LogP contribution in [0.4, 0.5) is 26.3 Å². The Labute approximate surface area is 130 Å². The highest BCUT2D eigenvalue weighted by Gasteiger charge is 2.34. The van der Waals surface area contributed by atoms with E-state index in [2.05, 4.69) is 14.9 Å². The molecule has 0 N–H and O–H groups in total. The van der Waals surface area contributed by atoms with E-state index in [1.807, 2.05) is 0 Å². The second kappa shape index (κ2) is 5.39. The minimum absolute atomic E-state index is 0.254. The van der Waals surface area contributed by atoms with Gasteiger partial charge in [0.25, 0.3) is 0 Å². The van der Waals surface area contributed by atoms with E-state index in [9.17, 15) is 26.3 Å². The number of hydrogen-bond acceptors (Lipinski definition) is 3. The zero-order valence-corrected chi connectivity index (χ0v) is 11.6. The van der Waals surface area contributed by atoms with Gasteiger partial charge in [0, 0.05) is 5.56 Å². The number of aromatic nitrogens is 3. The zero-order valence-electron chi connectivity index (χ0n) is 11.6. The third kappa shape index (κ3) is 3.26. The Morgan fingerprint density at radius 2 is 1.46 bits per heavy atom. The molecule has 0 aliphatic rings. The zero-order chi connectivity index (χ0) is 17.5. The van der Waals surface area contributed by atoms with Crippen molar-refractivity contribution < 1.29 is 31.1 Å². The van der Waals surface area contributed by atoms with Gasteiger partial charge in [-0.3, -0.25) is 0 Å². The molecule has 4 nitrogen and oxygen atoms in total. The van der Waals surface area contributed by atoms with Crippen molar-refractivity contribution in [3.8, 4) is 16.9 Å². The largest absolute Gasteiger partial charge is 0.573 e. The molecule has 0 spiro atoms. The van der Waals surface area contributed by atoms with E-state index in [0.29, 0.717) is 17.3 Å². The second-order valence-electron chi connectivity index (χ2n) is 4.75. The summed E-state index contributed by atoms with van der Waals surface area (Å²) in [6.45, 7) is 0. The molecule has 0 aliphatic heterocycles. The summed E-state index contributed by atoms with van der Waals surface area (Å²) in [4.78, 5) is 0. The van der Waals surface area contributed by atoms with Crippen LogP contribution in [0.5, 0.6) is 5.75 Å². The molecule has 0 aliphatic carbocycles. The van der Waals surface area contributed by atoms with Gasteiger partial charge in [-0.05, 0) is 23.8 Å². The number of alkyl halides is 6. The minimum Gasteiger partial charge on any atom is -0.406 e. The van der Waals surface area contributed by atoms with Crippen molar-refractivity contribution in [3.05, 3.63) is 48.3 Å². The fraction of sp³-hybridized carbons (Fsp3) is 0.143. The number of fused-ring (bicyclic) bond motifs is 1. The fourth-order valence-corrected chi connectivity index (χ4v) is 2.10. The van der Waals surface area contributed by atoms with E-state index in [1.165, 1.54) is 24.4 Å². The average molecular weight is 347 g/mol. The number of halogens is 6. The maximum absolute atomic E-state index is 12.9. The Morgan fingerprint density at radius 1 is 0.833 bits per heavy atom. The monoisotopic (exact) mass is 347 g/mol. The van der Waals surface area contributed by atoms with E-state index >= 15 is 0 Å². The first-order valence-corrected chi connectivity index (χ1v) is 6.41. The number of ether oxygens (including phenoxy) is 1. The van der Waals surface area contributed by atoms with Crippen molar-refractivity contribution in [1.29, 1.82) is 0 Å². The molecule has 1 aromatic carbocycles. The van der Waals surface area contributed by atoms with E-state index in [1.54, 1.807) is 0 Å². The van der Waals surface area contributed by atoms with Gasteiger partial charge in [0.1, 0.15) is 16.8 Å². The summed E-state index contributed by atoms with van der Waals surface area (Å²) < 4.78 is 79.6. The van der Waals surface area contributed by atoms with Gasteiger partial charge in [0.2, 0.25) is 0 Å². The van der Waals surface area contributed by atoms with Crippen LogP contribution >= 0.6 is 0 Å². The summed E-state index contributed by atoms with van der Waals surface area (Å²) in [6, 6.07) is 5.92. The van der Waals surface area contributed by atoms with Crippen LogP contribution in [0, 0.1) is 0 Å². The Balaban J connectivity index is 1.97. The molecular formula is C14H7F6N3O. The van der Waals surface area contributed by atoms with Crippen LogP contribution < -0.4 is 4.74 Å². The van der Waals surface area contributed by atoms with Gasteiger partial charge in [-0.2, -0.15) is 28.0 Å². The van der Waals surface area contributed by atoms with Crippen molar-refractivity contribution in [3.63, 3.8) is 0 Å². The fourth-order valence-electron chi connectivity index (χ4n) is 2.10. The lowest BCUT2D eigenvalue weighted by atomic mass is 10.1. The number of rotatable bonds is 2. The molecule has 0 fully saturated rings. The molecule has 0 saturated heterocycles. The number of benzene rings is 1. The Bertz CT molecular complexity index is 867. The lowest BCUT2D eigenvalue weighted by Gasteiger charge is -2.09. The summed E-state index contributed by atoms with van der Waals surface area (Å²) in [7, 11) is 0. The van der Waals surface area contributed by atoms with Gasteiger partial charge >= 0.3 is 12.5 Å². The summed E-state index contributed by atoms with van der Waals surface area (Å²) in [6.07, 6.45) is -7.49. The highest BCUT2D eigenvalue weighted by atomic mass is 19.4. The third-order valence-corrected chi connectivity index (χ3v) is 3.11. The van der Waals surface area contributed by atoms with Gasteiger partial charge in [-0.15, -0.1) is 13.2 Å². The quantitative estimate of drug-likeness (QED) is 0.649. The molecule has 3 aromatic rings. The van der Waals surface area contributed by atoms with Crippen molar-refractivity contribution in [2.75, 3.05) is 0 Å². The topological polar surface area (TPSA) is 39.4 Å². The van der Waals surface area contributed by atoms with Crippen molar-refractivity contribution in [1.82, 2.24) is 14.8 Å². The van der Waals surface area contributed by atoms with Gasteiger partial charge < -0.3 is 4.74 Å². The number of hydrogen-bond donors (Lipinski definition) is 0. The summed E-state index contributed by atoms with van der Waals surface area (Å²) >= 11 is 0. The van der Waals surface area contributed by atoms with Gasteiger partial charge in [0.15, 0.2) is 0 Å². The van der Waals surface area contributed by atoms with E-state index < -0.39 is 23.9 Å². The van der Waals surface area contributed by atoms with Crippen molar-refractivity contribution in [2.24, 2.45) is 0 Å². The molecule has 2 heterocycles. The predicted octanol–water partition coefficient (Wildman–Crippen LogP) is 4.31. The molecule has 0 unspecified atom stereocenters. The molecule has 0 amide bonds. The molecule has 0 bridgehead atoms. The van der Waals surface area contributed by atoms with Crippen LogP contribution in [0.2, 0.25) is 0 Å². The Kier molecular flexibility index (Phi) is 3.61. The van der Waals surface area contributed by atoms with Crippen LogP contribution in [0.1, 0.15) is 5.56 Å². The molecule has 0 atom stereocenters. The van der Waals surface area contributed by atoms with Crippen LogP contribution in [0.25, 0.3) is 16.6 Å². The first kappa shape index (κ1) is 16.1. The minimum atomic E-state index is -4.82. The van der Waals surface area contributed by atoms with Gasteiger partial charge in [0.05, 0.1) is 12.4 Å². The average Bonchev–Trinajstić information content (AvgIpc) is 2.89. The molecule has 10 heteroatoms.